The van der Waals surface area contributed by atoms with Crippen molar-refractivity contribution in [2.75, 3.05) is 13.2 Å². The molecule has 0 spiro atoms. The molecule has 0 fully saturated rings. The molecule has 1 amide bonds. The molecule has 0 bridgehead atoms. The van der Waals surface area contributed by atoms with Crippen LogP contribution in [0, 0.1) is 0 Å². The molecule has 16 heavy (non-hydrogen) atoms. The van der Waals surface area contributed by atoms with Gasteiger partial charge in [-0.3, -0.25) is 4.79 Å². The molecular formula is C12H19NO2S. The van der Waals surface area contributed by atoms with Crippen LogP contribution < -0.4 is 0 Å². The second-order valence-electron chi connectivity index (χ2n) is 3.67. The highest BCUT2D eigenvalue weighted by atomic mass is 32.1. The van der Waals surface area contributed by atoms with Gasteiger partial charge in [0.1, 0.15) is 0 Å². The Hall–Kier alpha value is -0.870. The second-order valence-corrected chi connectivity index (χ2v) is 4.62. The van der Waals surface area contributed by atoms with E-state index in [0.717, 1.165) is 17.7 Å². The van der Waals surface area contributed by atoms with E-state index in [1.54, 1.807) is 4.90 Å². The van der Waals surface area contributed by atoms with Crippen molar-refractivity contribution in [2.45, 2.75) is 32.7 Å². The zero-order chi connectivity index (χ0) is 12.0. The van der Waals surface area contributed by atoms with Gasteiger partial charge in [-0.2, -0.15) is 0 Å². The maximum atomic E-state index is 12.2. The van der Waals surface area contributed by atoms with Crippen LogP contribution >= 0.6 is 11.3 Å². The normalized spacial score (nSPS) is 10.8. The average Bonchev–Trinajstić information content (AvgIpc) is 2.82. The summed E-state index contributed by atoms with van der Waals surface area (Å²) in [6.07, 6.45) is 1.85. The van der Waals surface area contributed by atoms with E-state index >= 15 is 0 Å². The van der Waals surface area contributed by atoms with Crippen LogP contribution in [0.4, 0.5) is 0 Å². The Kier molecular flexibility index (Phi) is 5.49. The fourth-order valence-electron chi connectivity index (χ4n) is 1.83. The van der Waals surface area contributed by atoms with Crippen molar-refractivity contribution in [2.24, 2.45) is 0 Å². The third kappa shape index (κ3) is 3.06. The summed E-state index contributed by atoms with van der Waals surface area (Å²) in [5.41, 5.74) is 0. The van der Waals surface area contributed by atoms with Crippen molar-refractivity contribution < 1.29 is 9.90 Å². The predicted octanol–water partition coefficient (Wildman–Crippen LogP) is 2.37. The summed E-state index contributed by atoms with van der Waals surface area (Å²) in [5.74, 6) is 0.0396. The van der Waals surface area contributed by atoms with Gasteiger partial charge in [0.05, 0.1) is 11.5 Å². The average molecular weight is 241 g/mol. The Bertz CT molecular complexity index is 307. The summed E-state index contributed by atoms with van der Waals surface area (Å²) in [5, 5.41) is 10.9. The molecule has 1 N–H and O–H groups in total. The maximum Gasteiger partial charge on any atom is 0.264 e. The first-order valence-electron chi connectivity index (χ1n) is 5.69. The van der Waals surface area contributed by atoms with Crippen molar-refractivity contribution in [1.29, 1.82) is 0 Å². The molecule has 1 aromatic rings. The van der Waals surface area contributed by atoms with Crippen LogP contribution in [0.5, 0.6) is 0 Å². The first-order chi connectivity index (χ1) is 7.74. The van der Waals surface area contributed by atoms with Crippen LogP contribution in [-0.4, -0.2) is 35.1 Å². The van der Waals surface area contributed by atoms with E-state index in [4.69, 9.17) is 5.11 Å². The van der Waals surface area contributed by atoms with Gasteiger partial charge in [-0.05, 0) is 24.3 Å². The largest absolute Gasteiger partial charge is 0.395 e. The van der Waals surface area contributed by atoms with Gasteiger partial charge < -0.3 is 10.0 Å². The molecule has 1 rings (SSSR count). The molecule has 90 valence electrons. The summed E-state index contributed by atoms with van der Waals surface area (Å²) in [7, 11) is 0. The summed E-state index contributed by atoms with van der Waals surface area (Å²) in [4.78, 5) is 14.7. The first-order valence-corrected chi connectivity index (χ1v) is 6.57. The molecule has 0 aliphatic rings. The van der Waals surface area contributed by atoms with Gasteiger partial charge in [-0.15, -0.1) is 11.3 Å². The van der Waals surface area contributed by atoms with Gasteiger partial charge >= 0.3 is 0 Å². The number of amides is 1. The molecule has 0 unspecified atom stereocenters. The Balaban J connectivity index is 2.80. The standard InChI is InChI=1S/C12H19NO2S/c1-3-10(4-2)13(7-8-14)12(15)11-6-5-9-16-11/h5-6,9-10,14H,3-4,7-8H2,1-2H3. The van der Waals surface area contributed by atoms with Crippen molar-refractivity contribution in [3.05, 3.63) is 22.4 Å². The number of nitrogens with zero attached hydrogens (tertiary/aromatic N) is 1. The number of thiophene rings is 1. The highest BCUT2D eigenvalue weighted by Crippen LogP contribution is 2.16. The molecule has 0 aromatic carbocycles. The zero-order valence-corrected chi connectivity index (χ0v) is 10.7. The number of carbonyl (C=O) groups is 1. The van der Waals surface area contributed by atoms with Crippen molar-refractivity contribution >= 4 is 17.2 Å². The number of aliphatic hydroxyl groups is 1. The summed E-state index contributed by atoms with van der Waals surface area (Å²) >= 11 is 1.45. The maximum absolute atomic E-state index is 12.2. The number of carbonyl (C=O) groups excluding carboxylic acids is 1. The number of rotatable bonds is 6. The van der Waals surface area contributed by atoms with Crippen LogP contribution in [0.3, 0.4) is 0 Å². The van der Waals surface area contributed by atoms with E-state index in [9.17, 15) is 4.79 Å². The highest BCUT2D eigenvalue weighted by molar-refractivity contribution is 7.12. The van der Waals surface area contributed by atoms with E-state index in [1.165, 1.54) is 11.3 Å². The molecular weight excluding hydrogens is 222 g/mol. The fraction of sp³-hybridized carbons (Fsp3) is 0.583. The monoisotopic (exact) mass is 241 g/mol. The lowest BCUT2D eigenvalue weighted by molar-refractivity contribution is 0.0627. The summed E-state index contributed by atoms with van der Waals surface area (Å²) in [6.45, 7) is 4.58. The Morgan fingerprint density at radius 1 is 1.50 bits per heavy atom. The van der Waals surface area contributed by atoms with Gasteiger partial charge in [-0.1, -0.05) is 19.9 Å². The Labute approximate surface area is 101 Å². The van der Waals surface area contributed by atoms with Gasteiger partial charge in [0, 0.05) is 12.6 Å². The second kappa shape index (κ2) is 6.66. The first kappa shape index (κ1) is 13.2. The lowest BCUT2D eigenvalue weighted by atomic mass is 10.1. The van der Waals surface area contributed by atoms with Crippen LogP contribution in [-0.2, 0) is 0 Å². The SMILES string of the molecule is CCC(CC)N(CCO)C(=O)c1cccs1. The molecule has 0 radical (unpaired) electrons. The molecule has 0 atom stereocenters. The molecule has 1 aromatic heterocycles. The third-order valence-corrected chi connectivity index (χ3v) is 3.57. The van der Waals surface area contributed by atoms with Gasteiger partial charge in [0.15, 0.2) is 0 Å². The van der Waals surface area contributed by atoms with Crippen molar-refractivity contribution in [1.82, 2.24) is 4.90 Å². The third-order valence-electron chi connectivity index (χ3n) is 2.72. The summed E-state index contributed by atoms with van der Waals surface area (Å²) in [6, 6.07) is 3.93. The molecule has 4 heteroatoms. The predicted molar refractivity (Wildman–Crippen MR) is 66.8 cm³/mol. The molecule has 3 nitrogen and oxygen atoms in total. The van der Waals surface area contributed by atoms with E-state index in [1.807, 2.05) is 17.5 Å². The van der Waals surface area contributed by atoms with E-state index in [-0.39, 0.29) is 18.6 Å². The van der Waals surface area contributed by atoms with Crippen molar-refractivity contribution in [3.63, 3.8) is 0 Å². The van der Waals surface area contributed by atoms with Crippen LogP contribution in [0.2, 0.25) is 0 Å². The van der Waals surface area contributed by atoms with Crippen LogP contribution in [0.25, 0.3) is 0 Å². The van der Waals surface area contributed by atoms with Gasteiger partial charge in [0.25, 0.3) is 5.91 Å². The number of aliphatic hydroxyl groups excluding tert-OH is 1. The minimum Gasteiger partial charge on any atom is -0.395 e. The van der Waals surface area contributed by atoms with E-state index in [2.05, 4.69) is 13.8 Å². The quantitative estimate of drug-likeness (QED) is 0.830. The summed E-state index contributed by atoms with van der Waals surface area (Å²) < 4.78 is 0. The Morgan fingerprint density at radius 2 is 2.19 bits per heavy atom. The number of hydrogen-bond acceptors (Lipinski definition) is 3. The van der Waals surface area contributed by atoms with Gasteiger partial charge in [0.2, 0.25) is 0 Å². The van der Waals surface area contributed by atoms with Crippen LogP contribution in [0.15, 0.2) is 17.5 Å². The smallest absolute Gasteiger partial charge is 0.264 e. The fourth-order valence-corrected chi connectivity index (χ4v) is 2.51. The minimum absolute atomic E-state index is 0.0214. The van der Waals surface area contributed by atoms with E-state index < -0.39 is 0 Å². The van der Waals surface area contributed by atoms with Crippen LogP contribution in [0.1, 0.15) is 36.4 Å². The minimum atomic E-state index is 0.0214. The van der Waals surface area contributed by atoms with E-state index in [0.29, 0.717) is 6.54 Å². The molecule has 1 heterocycles. The van der Waals surface area contributed by atoms with Gasteiger partial charge in [-0.25, -0.2) is 0 Å². The molecule has 0 saturated heterocycles. The Morgan fingerprint density at radius 3 is 2.62 bits per heavy atom. The number of hydrogen-bond donors (Lipinski definition) is 1. The topological polar surface area (TPSA) is 40.5 Å². The van der Waals surface area contributed by atoms with Crippen molar-refractivity contribution in [3.8, 4) is 0 Å². The molecule has 0 aliphatic carbocycles. The lowest BCUT2D eigenvalue weighted by Crippen LogP contribution is -2.41. The lowest BCUT2D eigenvalue weighted by Gasteiger charge is -2.29. The zero-order valence-electron chi connectivity index (χ0n) is 9.85. The molecule has 0 aliphatic heterocycles. The molecule has 0 saturated carbocycles. The highest BCUT2D eigenvalue weighted by Gasteiger charge is 2.22.